The molecule has 0 saturated carbocycles. The maximum atomic E-state index is 11.9. The maximum Gasteiger partial charge on any atom is 0.224 e. The van der Waals surface area contributed by atoms with E-state index in [2.05, 4.69) is 10.2 Å². The number of amides is 1. The molecule has 0 atom stereocenters. The summed E-state index contributed by atoms with van der Waals surface area (Å²) in [5.41, 5.74) is 1.24. The van der Waals surface area contributed by atoms with Gasteiger partial charge in [0.15, 0.2) is 0 Å². The highest BCUT2D eigenvalue weighted by molar-refractivity contribution is 7.88. The summed E-state index contributed by atoms with van der Waals surface area (Å²) in [6.07, 6.45) is 2.36. The van der Waals surface area contributed by atoms with Gasteiger partial charge in [-0.15, -0.1) is 0 Å². The first-order valence-electron chi connectivity index (χ1n) is 7.86. The van der Waals surface area contributed by atoms with Crippen molar-refractivity contribution in [3.8, 4) is 6.07 Å². The van der Waals surface area contributed by atoms with Crippen molar-refractivity contribution in [3.63, 3.8) is 0 Å². The highest BCUT2D eigenvalue weighted by Gasteiger charge is 2.22. The van der Waals surface area contributed by atoms with Crippen LogP contribution in [0.2, 0.25) is 0 Å². The van der Waals surface area contributed by atoms with E-state index in [1.165, 1.54) is 10.6 Å². The third-order valence-electron chi connectivity index (χ3n) is 3.98. The molecule has 1 aliphatic rings. The molecule has 1 amide bonds. The Labute approximate surface area is 142 Å². The summed E-state index contributed by atoms with van der Waals surface area (Å²) in [6, 6.07) is 8.78. The number of nitrogens with zero attached hydrogens (tertiary/aromatic N) is 3. The number of anilines is 1. The predicted octanol–water partition coefficient (Wildman–Crippen LogP) is 0.854. The zero-order valence-electron chi connectivity index (χ0n) is 13.7. The molecule has 24 heavy (non-hydrogen) atoms. The Hall–Kier alpha value is -1.95. The summed E-state index contributed by atoms with van der Waals surface area (Å²) >= 11 is 0. The second kappa shape index (κ2) is 8.24. The third-order valence-corrected chi connectivity index (χ3v) is 5.28. The van der Waals surface area contributed by atoms with Crippen LogP contribution in [0.3, 0.4) is 0 Å². The van der Waals surface area contributed by atoms with Crippen LogP contribution in [-0.2, 0) is 14.8 Å². The summed E-state index contributed by atoms with van der Waals surface area (Å²) in [5.74, 6) is -0.0607. The minimum absolute atomic E-state index is 0.0607. The first-order chi connectivity index (χ1) is 11.4. The zero-order chi connectivity index (χ0) is 17.6. The van der Waals surface area contributed by atoms with E-state index in [-0.39, 0.29) is 5.91 Å². The molecular weight excluding hydrogens is 328 g/mol. The number of rotatable bonds is 6. The smallest absolute Gasteiger partial charge is 0.224 e. The third kappa shape index (κ3) is 5.60. The standard InChI is InChI=1S/C16H22N4O3S/c1-24(22,23)20-11-9-19(10-12-20)8-2-3-16(21)18-15-6-4-14(13-17)5-7-15/h4-7H,2-3,8-12H2,1H3,(H,18,21). The highest BCUT2D eigenvalue weighted by atomic mass is 32.2. The van der Waals surface area contributed by atoms with Gasteiger partial charge in [0.1, 0.15) is 0 Å². The first kappa shape index (κ1) is 18.4. The van der Waals surface area contributed by atoms with Crippen LogP contribution in [0.5, 0.6) is 0 Å². The number of hydrogen-bond acceptors (Lipinski definition) is 5. The van der Waals surface area contributed by atoms with Crippen LogP contribution in [0.15, 0.2) is 24.3 Å². The molecule has 1 saturated heterocycles. The molecule has 0 aromatic heterocycles. The van der Waals surface area contributed by atoms with E-state index in [9.17, 15) is 13.2 Å². The van der Waals surface area contributed by atoms with Crippen LogP contribution >= 0.6 is 0 Å². The fraction of sp³-hybridized carbons (Fsp3) is 0.500. The van der Waals surface area contributed by atoms with Crippen LogP contribution in [0, 0.1) is 11.3 Å². The first-order valence-corrected chi connectivity index (χ1v) is 9.71. The van der Waals surface area contributed by atoms with Gasteiger partial charge in [0.05, 0.1) is 17.9 Å². The monoisotopic (exact) mass is 350 g/mol. The molecular formula is C16H22N4O3S. The fourth-order valence-corrected chi connectivity index (χ4v) is 3.43. The van der Waals surface area contributed by atoms with E-state index in [0.29, 0.717) is 43.9 Å². The Morgan fingerprint density at radius 1 is 1.21 bits per heavy atom. The number of carbonyl (C=O) groups excluding carboxylic acids is 1. The van der Waals surface area contributed by atoms with E-state index in [4.69, 9.17) is 5.26 Å². The van der Waals surface area contributed by atoms with E-state index in [1.807, 2.05) is 6.07 Å². The van der Waals surface area contributed by atoms with Gasteiger partial charge in [-0.2, -0.15) is 9.57 Å². The molecule has 1 aromatic carbocycles. The molecule has 1 heterocycles. The molecule has 1 N–H and O–H groups in total. The van der Waals surface area contributed by atoms with E-state index in [1.54, 1.807) is 24.3 Å². The molecule has 8 heteroatoms. The molecule has 1 fully saturated rings. The van der Waals surface area contributed by atoms with Gasteiger partial charge in [-0.3, -0.25) is 4.79 Å². The average molecular weight is 350 g/mol. The molecule has 0 bridgehead atoms. The largest absolute Gasteiger partial charge is 0.326 e. The quantitative estimate of drug-likeness (QED) is 0.821. The van der Waals surface area contributed by atoms with Gasteiger partial charge in [0, 0.05) is 38.3 Å². The van der Waals surface area contributed by atoms with Crippen LogP contribution in [0.25, 0.3) is 0 Å². The average Bonchev–Trinajstić information content (AvgIpc) is 2.55. The SMILES string of the molecule is CS(=O)(=O)N1CCN(CCCC(=O)Nc2ccc(C#N)cc2)CC1. The zero-order valence-corrected chi connectivity index (χ0v) is 14.6. The summed E-state index contributed by atoms with van der Waals surface area (Å²) in [4.78, 5) is 14.1. The summed E-state index contributed by atoms with van der Waals surface area (Å²) < 4.78 is 24.4. The highest BCUT2D eigenvalue weighted by Crippen LogP contribution is 2.10. The Morgan fingerprint density at radius 3 is 2.38 bits per heavy atom. The van der Waals surface area contributed by atoms with Crippen molar-refractivity contribution in [1.82, 2.24) is 9.21 Å². The lowest BCUT2D eigenvalue weighted by Gasteiger charge is -2.33. The minimum atomic E-state index is -3.10. The van der Waals surface area contributed by atoms with Gasteiger partial charge in [-0.05, 0) is 37.2 Å². The number of carbonyl (C=O) groups is 1. The van der Waals surface area contributed by atoms with Gasteiger partial charge in [-0.25, -0.2) is 8.42 Å². The number of benzene rings is 1. The number of nitrogens with one attached hydrogen (secondary N) is 1. The van der Waals surface area contributed by atoms with Crippen molar-refractivity contribution in [2.45, 2.75) is 12.8 Å². The molecule has 2 rings (SSSR count). The number of hydrogen-bond donors (Lipinski definition) is 1. The summed E-state index contributed by atoms with van der Waals surface area (Å²) in [6.45, 7) is 3.19. The Kier molecular flexibility index (Phi) is 6.31. The Bertz CT molecular complexity index is 702. The van der Waals surface area contributed by atoms with Crippen molar-refractivity contribution < 1.29 is 13.2 Å². The molecule has 0 spiro atoms. The van der Waals surface area contributed by atoms with E-state index in [0.717, 1.165) is 13.0 Å². The lowest BCUT2D eigenvalue weighted by Crippen LogP contribution is -2.48. The molecule has 0 radical (unpaired) electrons. The molecule has 7 nitrogen and oxygen atoms in total. The van der Waals surface area contributed by atoms with Crippen LogP contribution in [0.1, 0.15) is 18.4 Å². The number of nitriles is 1. The Balaban J connectivity index is 1.67. The van der Waals surface area contributed by atoms with Gasteiger partial charge < -0.3 is 10.2 Å². The van der Waals surface area contributed by atoms with Crippen molar-refractivity contribution in [2.75, 3.05) is 44.3 Å². The molecule has 0 unspecified atom stereocenters. The molecule has 1 aliphatic heterocycles. The number of sulfonamides is 1. The summed E-state index contributed by atoms with van der Waals surface area (Å²) in [5, 5.41) is 11.5. The van der Waals surface area contributed by atoms with Gasteiger partial charge in [-0.1, -0.05) is 0 Å². The Morgan fingerprint density at radius 2 is 1.83 bits per heavy atom. The minimum Gasteiger partial charge on any atom is -0.326 e. The van der Waals surface area contributed by atoms with Crippen LogP contribution in [-0.4, -0.2) is 62.5 Å². The molecule has 0 aliphatic carbocycles. The van der Waals surface area contributed by atoms with E-state index >= 15 is 0 Å². The van der Waals surface area contributed by atoms with Gasteiger partial charge in [0.2, 0.25) is 15.9 Å². The number of piperazine rings is 1. The fourth-order valence-electron chi connectivity index (χ4n) is 2.60. The lowest BCUT2D eigenvalue weighted by molar-refractivity contribution is -0.116. The predicted molar refractivity (Wildman–Crippen MR) is 91.9 cm³/mol. The second-order valence-corrected chi connectivity index (χ2v) is 7.83. The maximum absolute atomic E-state index is 11.9. The molecule has 1 aromatic rings. The summed E-state index contributed by atoms with van der Waals surface area (Å²) in [7, 11) is -3.10. The van der Waals surface area contributed by atoms with Crippen molar-refractivity contribution in [1.29, 1.82) is 5.26 Å². The topological polar surface area (TPSA) is 93.5 Å². The van der Waals surface area contributed by atoms with Gasteiger partial charge >= 0.3 is 0 Å². The van der Waals surface area contributed by atoms with Crippen molar-refractivity contribution in [3.05, 3.63) is 29.8 Å². The van der Waals surface area contributed by atoms with Crippen LogP contribution < -0.4 is 5.32 Å². The lowest BCUT2D eigenvalue weighted by atomic mass is 10.2. The van der Waals surface area contributed by atoms with Crippen LogP contribution in [0.4, 0.5) is 5.69 Å². The van der Waals surface area contributed by atoms with Crippen molar-refractivity contribution >= 4 is 21.6 Å². The molecule has 130 valence electrons. The normalized spacial score (nSPS) is 16.5. The van der Waals surface area contributed by atoms with Gasteiger partial charge in [0.25, 0.3) is 0 Å². The second-order valence-electron chi connectivity index (χ2n) is 5.84. The van der Waals surface area contributed by atoms with Crippen molar-refractivity contribution in [2.24, 2.45) is 0 Å². The van der Waals surface area contributed by atoms with E-state index < -0.39 is 10.0 Å².